The summed E-state index contributed by atoms with van der Waals surface area (Å²) in [5, 5.41) is 9.92. The molecule has 0 radical (unpaired) electrons. The van der Waals surface area contributed by atoms with Gasteiger partial charge in [0.15, 0.2) is 17.8 Å². The monoisotopic (exact) mass is 205 g/mol. The summed E-state index contributed by atoms with van der Waals surface area (Å²) < 4.78 is 6.55. The van der Waals surface area contributed by atoms with Gasteiger partial charge in [0.05, 0.1) is 12.0 Å². The lowest BCUT2D eigenvalue weighted by atomic mass is 10.3. The molecule has 78 valence electrons. The summed E-state index contributed by atoms with van der Waals surface area (Å²) in [4.78, 5) is 11.2. The third kappa shape index (κ3) is 1.71. The summed E-state index contributed by atoms with van der Waals surface area (Å²) in [7, 11) is 0. The number of hydrogen-bond donors (Lipinski definition) is 1. The van der Waals surface area contributed by atoms with Crippen molar-refractivity contribution < 1.29 is 14.3 Å². The average Bonchev–Trinajstić information content (AvgIpc) is 2.88. The summed E-state index contributed by atoms with van der Waals surface area (Å²) in [5.74, 6) is 0.319. The van der Waals surface area contributed by atoms with Crippen LogP contribution < -0.4 is 0 Å². The molecule has 2 aromatic heterocycles. The standard InChI is InChI=1S/C11H11NO3/c1-8(13)9-4-2-6-12(9)11(14)10-5-3-7-15-10/h2-7,11,14H,1H3. The number of ketones is 1. The zero-order valence-electron chi connectivity index (χ0n) is 8.25. The van der Waals surface area contributed by atoms with E-state index in [1.807, 2.05) is 0 Å². The van der Waals surface area contributed by atoms with Crippen molar-refractivity contribution >= 4 is 5.78 Å². The second-order valence-corrected chi connectivity index (χ2v) is 3.25. The lowest BCUT2D eigenvalue weighted by Gasteiger charge is -2.12. The van der Waals surface area contributed by atoms with Crippen LogP contribution in [0.2, 0.25) is 0 Å². The Kier molecular flexibility index (Phi) is 2.43. The van der Waals surface area contributed by atoms with Crippen LogP contribution >= 0.6 is 0 Å². The number of hydrogen-bond acceptors (Lipinski definition) is 3. The largest absolute Gasteiger partial charge is 0.465 e. The summed E-state index contributed by atoms with van der Waals surface area (Å²) in [5.41, 5.74) is 0.457. The van der Waals surface area contributed by atoms with Crippen LogP contribution in [0.4, 0.5) is 0 Å². The van der Waals surface area contributed by atoms with Gasteiger partial charge in [-0.15, -0.1) is 0 Å². The highest BCUT2D eigenvalue weighted by Gasteiger charge is 2.16. The van der Waals surface area contributed by atoms with Gasteiger partial charge in [0.25, 0.3) is 0 Å². The van der Waals surface area contributed by atoms with Gasteiger partial charge in [0, 0.05) is 13.1 Å². The topological polar surface area (TPSA) is 55.4 Å². The Balaban J connectivity index is 2.37. The number of aromatic nitrogens is 1. The van der Waals surface area contributed by atoms with Gasteiger partial charge in [-0.3, -0.25) is 4.79 Å². The van der Waals surface area contributed by atoms with Gasteiger partial charge in [-0.05, 0) is 24.3 Å². The summed E-state index contributed by atoms with van der Waals surface area (Å²) in [6, 6.07) is 6.72. The Bertz CT molecular complexity index is 456. The first-order chi connectivity index (χ1) is 7.20. The average molecular weight is 205 g/mol. The van der Waals surface area contributed by atoms with Crippen molar-refractivity contribution in [1.82, 2.24) is 4.57 Å². The molecule has 1 N–H and O–H groups in total. The van der Waals surface area contributed by atoms with Crippen LogP contribution in [-0.4, -0.2) is 15.5 Å². The van der Waals surface area contributed by atoms with E-state index in [1.54, 1.807) is 30.5 Å². The minimum Gasteiger partial charge on any atom is -0.465 e. The molecule has 2 rings (SSSR count). The fourth-order valence-electron chi connectivity index (χ4n) is 1.48. The molecule has 0 spiro atoms. The third-order valence-corrected chi connectivity index (χ3v) is 2.20. The molecule has 0 fully saturated rings. The quantitative estimate of drug-likeness (QED) is 0.777. The molecular formula is C11H11NO3. The number of aliphatic hydroxyl groups excluding tert-OH is 1. The zero-order chi connectivity index (χ0) is 10.8. The Morgan fingerprint density at radius 3 is 2.87 bits per heavy atom. The van der Waals surface area contributed by atoms with Gasteiger partial charge in [-0.2, -0.15) is 0 Å². The van der Waals surface area contributed by atoms with E-state index in [9.17, 15) is 9.90 Å². The molecule has 4 heteroatoms. The molecule has 15 heavy (non-hydrogen) atoms. The van der Waals surface area contributed by atoms with Crippen LogP contribution in [0.1, 0.15) is 29.4 Å². The predicted molar refractivity (Wildman–Crippen MR) is 53.5 cm³/mol. The Morgan fingerprint density at radius 2 is 2.27 bits per heavy atom. The second kappa shape index (κ2) is 3.74. The normalized spacial score (nSPS) is 12.7. The van der Waals surface area contributed by atoms with Crippen molar-refractivity contribution in [3.05, 3.63) is 48.2 Å². The van der Waals surface area contributed by atoms with Crippen LogP contribution in [0.25, 0.3) is 0 Å². The van der Waals surface area contributed by atoms with Crippen molar-refractivity contribution in [2.45, 2.75) is 13.2 Å². The maximum atomic E-state index is 11.2. The van der Waals surface area contributed by atoms with Gasteiger partial charge in [0.1, 0.15) is 0 Å². The van der Waals surface area contributed by atoms with Crippen molar-refractivity contribution in [2.75, 3.05) is 0 Å². The van der Waals surface area contributed by atoms with Crippen molar-refractivity contribution in [3.8, 4) is 0 Å². The van der Waals surface area contributed by atoms with Crippen molar-refractivity contribution in [1.29, 1.82) is 0 Å². The smallest absolute Gasteiger partial charge is 0.190 e. The molecule has 1 unspecified atom stereocenters. The molecule has 1 atom stereocenters. The maximum Gasteiger partial charge on any atom is 0.190 e. The molecule has 0 saturated heterocycles. The van der Waals surface area contributed by atoms with Crippen molar-refractivity contribution in [3.63, 3.8) is 0 Å². The lowest BCUT2D eigenvalue weighted by Crippen LogP contribution is -2.13. The number of aliphatic hydroxyl groups is 1. The molecule has 0 bridgehead atoms. The lowest BCUT2D eigenvalue weighted by molar-refractivity contribution is 0.0942. The van der Waals surface area contributed by atoms with Crippen LogP contribution in [0, 0.1) is 0 Å². The first kappa shape index (κ1) is 9.73. The fourth-order valence-corrected chi connectivity index (χ4v) is 1.48. The van der Waals surface area contributed by atoms with Gasteiger partial charge in [0.2, 0.25) is 0 Å². The number of nitrogens with zero attached hydrogens (tertiary/aromatic N) is 1. The molecule has 0 saturated carbocycles. The number of Topliss-reactive ketones (excluding diaryl/α,β-unsaturated/α-hetero) is 1. The molecular weight excluding hydrogens is 194 g/mol. The highest BCUT2D eigenvalue weighted by Crippen LogP contribution is 2.18. The summed E-state index contributed by atoms with van der Waals surface area (Å²) in [6.07, 6.45) is 2.17. The summed E-state index contributed by atoms with van der Waals surface area (Å²) >= 11 is 0. The number of carbonyl (C=O) groups excluding carboxylic acids is 1. The molecule has 0 aliphatic rings. The highest BCUT2D eigenvalue weighted by molar-refractivity contribution is 5.92. The first-order valence-corrected chi connectivity index (χ1v) is 4.59. The fraction of sp³-hybridized carbons (Fsp3) is 0.182. The number of rotatable bonds is 3. The Hall–Kier alpha value is -1.81. The zero-order valence-corrected chi connectivity index (χ0v) is 8.25. The van der Waals surface area contributed by atoms with Crippen LogP contribution in [0.15, 0.2) is 41.1 Å². The van der Waals surface area contributed by atoms with Crippen LogP contribution in [0.3, 0.4) is 0 Å². The molecule has 2 aromatic rings. The number of carbonyl (C=O) groups is 1. The molecule has 0 aromatic carbocycles. The molecule has 2 heterocycles. The van der Waals surface area contributed by atoms with Crippen LogP contribution in [0.5, 0.6) is 0 Å². The van der Waals surface area contributed by atoms with E-state index < -0.39 is 6.23 Å². The van der Waals surface area contributed by atoms with Crippen LogP contribution in [-0.2, 0) is 0 Å². The molecule has 0 aliphatic heterocycles. The number of furan rings is 1. The maximum absolute atomic E-state index is 11.2. The van der Waals surface area contributed by atoms with Gasteiger partial charge >= 0.3 is 0 Å². The summed E-state index contributed by atoms with van der Waals surface area (Å²) in [6.45, 7) is 1.46. The minimum absolute atomic E-state index is 0.0920. The van der Waals surface area contributed by atoms with E-state index in [1.165, 1.54) is 17.8 Å². The van der Waals surface area contributed by atoms with E-state index in [-0.39, 0.29) is 5.78 Å². The van der Waals surface area contributed by atoms with E-state index in [0.717, 1.165) is 0 Å². The molecule has 4 nitrogen and oxygen atoms in total. The van der Waals surface area contributed by atoms with Gasteiger partial charge < -0.3 is 14.1 Å². The highest BCUT2D eigenvalue weighted by atomic mass is 16.4. The van der Waals surface area contributed by atoms with Gasteiger partial charge in [-0.25, -0.2) is 0 Å². The molecule has 0 aliphatic carbocycles. The Morgan fingerprint density at radius 1 is 1.47 bits per heavy atom. The van der Waals surface area contributed by atoms with E-state index >= 15 is 0 Å². The van der Waals surface area contributed by atoms with E-state index in [4.69, 9.17) is 4.42 Å². The minimum atomic E-state index is -0.950. The van der Waals surface area contributed by atoms with Crippen molar-refractivity contribution in [2.24, 2.45) is 0 Å². The second-order valence-electron chi connectivity index (χ2n) is 3.25. The van der Waals surface area contributed by atoms with E-state index in [2.05, 4.69) is 0 Å². The van der Waals surface area contributed by atoms with E-state index in [0.29, 0.717) is 11.5 Å². The SMILES string of the molecule is CC(=O)c1cccn1C(O)c1ccco1. The van der Waals surface area contributed by atoms with Gasteiger partial charge in [-0.1, -0.05) is 0 Å². The predicted octanol–water partition coefficient (Wildman–Crippen LogP) is 1.82. The third-order valence-electron chi connectivity index (χ3n) is 2.20. The molecule has 0 amide bonds. The Labute approximate surface area is 86.8 Å². The first-order valence-electron chi connectivity index (χ1n) is 4.59.